The van der Waals surface area contributed by atoms with Gasteiger partial charge in [-0.15, -0.1) is 21.5 Å². The minimum Gasteiger partial charge on any atom is -0.335 e. The summed E-state index contributed by atoms with van der Waals surface area (Å²) in [5.41, 5.74) is -0.672. The monoisotopic (exact) mass is 376 g/mol. The number of nitrogens with two attached hydrogens (primary N) is 1. The van der Waals surface area contributed by atoms with Crippen LogP contribution in [0.1, 0.15) is 32.1 Å². The largest absolute Gasteiger partial charge is 0.335 e. The molecule has 0 atom stereocenters. The quantitative estimate of drug-likeness (QED) is 0.635. The molecule has 0 saturated heterocycles. The van der Waals surface area contributed by atoms with E-state index in [0.29, 0.717) is 11.0 Å². The minimum absolute atomic E-state index is 0.0888. The van der Waals surface area contributed by atoms with Crippen LogP contribution in [-0.2, 0) is 4.79 Å². The summed E-state index contributed by atoms with van der Waals surface area (Å²) in [6.45, 7) is 0. The lowest BCUT2D eigenvalue weighted by Crippen LogP contribution is -2.50. The highest BCUT2D eigenvalue weighted by Crippen LogP contribution is 2.33. The highest BCUT2D eigenvalue weighted by atomic mass is 32.2. The van der Waals surface area contributed by atoms with Gasteiger partial charge in [0.05, 0.1) is 16.7 Å². The van der Waals surface area contributed by atoms with Gasteiger partial charge in [0.15, 0.2) is 5.82 Å². The topological polar surface area (TPSA) is 101 Å². The number of carbonyl (C=O) groups is 1. The van der Waals surface area contributed by atoms with Crippen LogP contribution in [0.5, 0.6) is 0 Å². The maximum absolute atomic E-state index is 12.6. The molecular formula is C16H20N6OS2. The van der Waals surface area contributed by atoms with Gasteiger partial charge in [0, 0.05) is 7.05 Å². The number of hydrogen-bond donors (Lipinski definition) is 1. The fourth-order valence-corrected chi connectivity index (χ4v) is 4.55. The minimum atomic E-state index is -0.672. The Bertz CT molecular complexity index is 773. The molecule has 0 aromatic carbocycles. The van der Waals surface area contributed by atoms with Crippen molar-refractivity contribution in [3.63, 3.8) is 0 Å². The summed E-state index contributed by atoms with van der Waals surface area (Å²) >= 11 is 2.77. The van der Waals surface area contributed by atoms with Crippen molar-refractivity contribution in [2.24, 2.45) is 0 Å². The molecule has 0 bridgehead atoms. The summed E-state index contributed by atoms with van der Waals surface area (Å²) in [6.07, 6.45) is 4.58. The molecule has 2 N–H and O–H groups in total. The Kier molecular flexibility index (Phi) is 5.30. The van der Waals surface area contributed by atoms with Crippen LogP contribution < -0.4 is 5.84 Å². The van der Waals surface area contributed by atoms with E-state index in [9.17, 15) is 10.1 Å². The SMILES string of the molecule is CN(C(=O)CSc1nnc(-c2cccs2)n1N)C1(C#N)CCCCC1. The fraction of sp³-hybridized carbons (Fsp3) is 0.500. The number of nitrogens with zero attached hydrogens (tertiary/aromatic N) is 5. The van der Waals surface area contributed by atoms with Crippen LogP contribution in [0.2, 0.25) is 0 Å². The first-order chi connectivity index (χ1) is 12.1. The smallest absolute Gasteiger partial charge is 0.234 e. The van der Waals surface area contributed by atoms with Gasteiger partial charge in [-0.25, -0.2) is 4.68 Å². The summed E-state index contributed by atoms with van der Waals surface area (Å²) in [4.78, 5) is 15.1. The first kappa shape index (κ1) is 17.8. The molecule has 9 heteroatoms. The van der Waals surface area contributed by atoms with Crippen molar-refractivity contribution in [3.8, 4) is 16.8 Å². The van der Waals surface area contributed by atoms with Crippen molar-refractivity contribution in [2.75, 3.05) is 18.6 Å². The lowest BCUT2D eigenvalue weighted by atomic mass is 9.81. The molecule has 0 spiro atoms. The van der Waals surface area contributed by atoms with E-state index in [1.54, 1.807) is 11.9 Å². The van der Waals surface area contributed by atoms with Gasteiger partial charge in [-0.2, -0.15) is 5.26 Å². The zero-order valence-electron chi connectivity index (χ0n) is 14.0. The maximum atomic E-state index is 12.6. The second-order valence-electron chi connectivity index (χ2n) is 6.10. The molecule has 2 heterocycles. The summed E-state index contributed by atoms with van der Waals surface area (Å²) in [7, 11) is 1.72. The molecule has 1 fully saturated rings. The van der Waals surface area contributed by atoms with Gasteiger partial charge < -0.3 is 10.7 Å². The van der Waals surface area contributed by atoms with Crippen molar-refractivity contribution in [1.29, 1.82) is 5.26 Å². The van der Waals surface area contributed by atoms with Crippen molar-refractivity contribution >= 4 is 29.0 Å². The number of nitrogen functional groups attached to an aromatic ring is 1. The summed E-state index contributed by atoms with van der Waals surface area (Å²) in [6, 6.07) is 6.21. The van der Waals surface area contributed by atoms with Gasteiger partial charge >= 0.3 is 0 Å². The second-order valence-corrected chi connectivity index (χ2v) is 7.99. The number of nitriles is 1. The lowest BCUT2D eigenvalue weighted by Gasteiger charge is -2.39. The third kappa shape index (κ3) is 3.50. The van der Waals surface area contributed by atoms with Crippen molar-refractivity contribution < 1.29 is 4.79 Å². The van der Waals surface area contributed by atoms with E-state index in [0.717, 1.165) is 37.0 Å². The molecule has 1 saturated carbocycles. The molecule has 0 unspecified atom stereocenters. The first-order valence-corrected chi connectivity index (χ1v) is 9.99. The standard InChI is InChI=1S/C16H20N6OS2/c1-21(16(11-17)7-3-2-4-8-16)13(23)10-25-15-20-19-14(22(15)18)12-6-5-9-24-12/h5-6,9H,2-4,7-8,10,18H2,1H3. The predicted molar refractivity (Wildman–Crippen MR) is 98.4 cm³/mol. The molecule has 1 aliphatic rings. The van der Waals surface area contributed by atoms with Gasteiger partial charge in [-0.1, -0.05) is 37.1 Å². The number of thiophene rings is 1. The number of carbonyl (C=O) groups excluding carboxylic acids is 1. The molecule has 2 aromatic heterocycles. The van der Waals surface area contributed by atoms with Crippen LogP contribution in [0.4, 0.5) is 0 Å². The van der Waals surface area contributed by atoms with Gasteiger partial charge in [-0.3, -0.25) is 4.79 Å². The summed E-state index contributed by atoms with van der Waals surface area (Å²) < 4.78 is 1.41. The van der Waals surface area contributed by atoms with Crippen molar-refractivity contribution in [2.45, 2.75) is 42.8 Å². The molecule has 1 amide bonds. The Morgan fingerprint density at radius 3 is 2.88 bits per heavy atom. The second kappa shape index (κ2) is 7.45. The molecule has 3 rings (SSSR count). The zero-order valence-corrected chi connectivity index (χ0v) is 15.6. The number of rotatable bonds is 5. The summed E-state index contributed by atoms with van der Waals surface area (Å²) in [5.74, 6) is 6.73. The number of hydrogen-bond acceptors (Lipinski definition) is 7. The highest BCUT2D eigenvalue weighted by Gasteiger charge is 2.38. The van der Waals surface area contributed by atoms with E-state index in [2.05, 4.69) is 16.3 Å². The molecule has 0 aliphatic heterocycles. The van der Waals surface area contributed by atoms with Crippen LogP contribution in [0.3, 0.4) is 0 Å². The van der Waals surface area contributed by atoms with Crippen molar-refractivity contribution in [3.05, 3.63) is 17.5 Å². The Hall–Kier alpha value is -2.05. The highest BCUT2D eigenvalue weighted by molar-refractivity contribution is 7.99. The van der Waals surface area contributed by atoms with Crippen LogP contribution in [0, 0.1) is 11.3 Å². The average molecular weight is 377 g/mol. The van der Waals surface area contributed by atoms with Crippen LogP contribution in [0.25, 0.3) is 10.7 Å². The first-order valence-electron chi connectivity index (χ1n) is 8.12. The normalized spacial score (nSPS) is 16.3. The zero-order chi connectivity index (χ0) is 17.9. The maximum Gasteiger partial charge on any atom is 0.234 e. The molecule has 7 nitrogen and oxygen atoms in total. The van der Waals surface area contributed by atoms with Gasteiger partial charge in [-0.05, 0) is 24.3 Å². The average Bonchev–Trinajstić information content (AvgIpc) is 3.29. The lowest BCUT2D eigenvalue weighted by molar-refractivity contribution is -0.131. The van der Waals surface area contributed by atoms with Crippen LogP contribution in [0.15, 0.2) is 22.7 Å². The van der Waals surface area contributed by atoms with Gasteiger partial charge in [0.25, 0.3) is 0 Å². The van der Waals surface area contributed by atoms with E-state index in [4.69, 9.17) is 5.84 Å². The number of aromatic nitrogens is 3. The van der Waals surface area contributed by atoms with E-state index < -0.39 is 5.54 Å². The Morgan fingerprint density at radius 1 is 1.48 bits per heavy atom. The third-order valence-corrected chi connectivity index (χ3v) is 6.43. The van der Waals surface area contributed by atoms with Crippen molar-refractivity contribution in [1.82, 2.24) is 19.8 Å². The molecule has 1 aliphatic carbocycles. The molecule has 25 heavy (non-hydrogen) atoms. The Labute approximate surface area is 154 Å². The Morgan fingerprint density at radius 2 is 2.24 bits per heavy atom. The van der Waals surface area contributed by atoms with E-state index >= 15 is 0 Å². The van der Waals surface area contributed by atoms with Crippen LogP contribution >= 0.6 is 23.1 Å². The third-order valence-electron chi connectivity index (χ3n) is 4.64. The van der Waals surface area contributed by atoms with E-state index in [1.807, 2.05) is 17.5 Å². The molecular weight excluding hydrogens is 356 g/mol. The van der Waals surface area contributed by atoms with Gasteiger partial charge in [0.1, 0.15) is 5.54 Å². The fourth-order valence-electron chi connectivity index (χ4n) is 3.07. The number of amides is 1. The summed E-state index contributed by atoms with van der Waals surface area (Å²) in [5, 5.41) is 20.2. The van der Waals surface area contributed by atoms with Crippen LogP contribution in [-0.4, -0.2) is 44.0 Å². The molecule has 0 radical (unpaired) electrons. The molecule has 132 valence electrons. The van der Waals surface area contributed by atoms with E-state index in [1.165, 1.54) is 27.8 Å². The Balaban J connectivity index is 1.65. The number of thioether (sulfide) groups is 1. The predicted octanol–water partition coefficient (Wildman–Crippen LogP) is 2.50. The van der Waals surface area contributed by atoms with Gasteiger partial charge in [0.2, 0.25) is 11.1 Å². The van der Waals surface area contributed by atoms with E-state index in [-0.39, 0.29) is 11.7 Å². The molecule has 2 aromatic rings.